The summed E-state index contributed by atoms with van der Waals surface area (Å²) in [6, 6.07) is 16.7. The molecular formula is C20H29IN4. The molecule has 0 amide bonds. The first kappa shape index (κ1) is 21.4. The molecule has 25 heavy (non-hydrogen) atoms. The van der Waals surface area contributed by atoms with E-state index in [4.69, 9.17) is 5.73 Å². The van der Waals surface area contributed by atoms with E-state index in [1.54, 1.807) is 0 Å². The van der Waals surface area contributed by atoms with Crippen LogP contribution in [0.1, 0.15) is 30.5 Å². The molecule has 0 aromatic heterocycles. The fraction of sp³-hybridized carbons (Fsp3) is 0.350. The van der Waals surface area contributed by atoms with Crippen LogP contribution in [0.3, 0.4) is 0 Å². The quantitative estimate of drug-likeness (QED) is 0.373. The smallest absolute Gasteiger partial charge is 0.193 e. The number of aryl methyl sites for hydroxylation is 1. The Morgan fingerprint density at radius 1 is 1.04 bits per heavy atom. The van der Waals surface area contributed by atoms with Gasteiger partial charge < -0.3 is 11.1 Å². The minimum Gasteiger partial charge on any atom is -0.370 e. The number of aliphatic imine (C=N–C) groups is 1. The van der Waals surface area contributed by atoms with Gasteiger partial charge in [-0.1, -0.05) is 55.8 Å². The van der Waals surface area contributed by atoms with E-state index in [9.17, 15) is 0 Å². The Kier molecular flexibility index (Phi) is 9.52. The molecular weight excluding hydrogens is 423 g/mol. The fourth-order valence-electron chi connectivity index (χ4n) is 2.53. The summed E-state index contributed by atoms with van der Waals surface area (Å²) in [5.41, 5.74) is 10.7. The van der Waals surface area contributed by atoms with E-state index < -0.39 is 0 Å². The zero-order valence-corrected chi connectivity index (χ0v) is 17.7. The normalized spacial score (nSPS) is 11.3. The van der Waals surface area contributed by atoms with Gasteiger partial charge in [-0.3, -0.25) is 4.90 Å². The summed E-state index contributed by atoms with van der Waals surface area (Å²) < 4.78 is 0. The van der Waals surface area contributed by atoms with Crippen LogP contribution in [-0.2, 0) is 13.1 Å². The van der Waals surface area contributed by atoms with Crippen LogP contribution in [0, 0.1) is 6.92 Å². The minimum atomic E-state index is 0. The lowest BCUT2D eigenvalue weighted by Crippen LogP contribution is -2.22. The van der Waals surface area contributed by atoms with E-state index in [0.29, 0.717) is 12.5 Å². The van der Waals surface area contributed by atoms with Crippen LogP contribution >= 0.6 is 24.0 Å². The highest BCUT2D eigenvalue weighted by Crippen LogP contribution is 2.11. The molecule has 0 atom stereocenters. The van der Waals surface area contributed by atoms with E-state index >= 15 is 0 Å². The van der Waals surface area contributed by atoms with Gasteiger partial charge in [-0.2, -0.15) is 0 Å². The summed E-state index contributed by atoms with van der Waals surface area (Å²) in [5.74, 6) is 0.438. The second-order valence-electron chi connectivity index (χ2n) is 5.97. The largest absolute Gasteiger partial charge is 0.370 e. The zero-order valence-electron chi connectivity index (χ0n) is 15.3. The molecule has 5 heteroatoms. The Bertz CT molecular complexity index is 664. The van der Waals surface area contributed by atoms with Crippen LogP contribution in [0.5, 0.6) is 0 Å². The van der Waals surface area contributed by atoms with Gasteiger partial charge in [0.15, 0.2) is 5.96 Å². The third kappa shape index (κ3) is 7.44. The molecule has 136 valence electrons. The van der Waals surface area contributed by atoms with Crippen molar-refractivity contribution >= 4 is 35.6 Å². The average Bonchev–Trinajstić information content (AvgIpc) is 2.60. The number of guanidine groups is 1. The van der Waals surface area contributed by atoms with Crippen molar-refractivity contribution in [2.24, 2.45) is 10.7 Å². The summed E-state index contributed by atoms with van der Waals surface area (Å²) in [6.45, 7) is 10.1. The molecule has 3 N–H and O–H groups in total. The molecule has 0 unspecified atom stereocenters. The van der Waals surface area contributed by atoms with Crippen molar-refractivity contribution in [1.29, 1.82) is 0 Å². The van der Waals surface area contributed by atoms with E-state index in [2.05, 4.69) is 60.2 Å². The standard InChI is InChI=1S/C20H28N4.HI/c1-4-24(5-2)15-18-8-6-7-17(13-18)14-22-20(21)23-19-11-9-16(3)10-12-19;/h6-13H,4-5,14-15H2,1-3H3,(H3,21,22,23);1H. The fourth-order valence-corrected chi connectivity index (χ4v) is 2.53. The van der Waals surface area contributed by atoms with Crippen molar-refractivity contribution in [3.05, 3.63) is 65.2 Å². The van der Waals surface area contributed by atoms with Crippen molar-refractivity contribution in [3.63, 3.8) is 0 Å². The van der Waals surface area contributed by atoms with Gasteiger partial charge in [-0.05, 0) is 43.3 Å². The van der Waals surface area contributed by atoms with Crippen LogP contribution in [0.25, 0.3) is 0 Å². The molecule has 2 aromatic rings. The number of benzene rings is 2. The van der Waals surface area contributed by atoms with Crippen LogP contribution in [0.4, 0.5) is 5.69 Å². The maximum Gasteiger partial charge on any atom is 0.193 e. The first-order valence-corrected chi connectivity index (χ1v) is 8.54. The minimum absolute atomic E-state index is 0. The summed E-state index contributed by atoms with van der Waals surface area (Å²) in [5, 5.41) is 3.12. The Labute approximate surface area is 168 Å². The van der Waals surface area contributed by atoms with Gasteiger partial charge in [0.2, 0.25) is 0 Å². The summed E-state index contributed by atoms with van der Waals surface area (Å²) >= 11 is 0. The molecule has 2 aromatic carbocycles. The number of halogens is 1. The number of hydrogen-bond acceptors (Lipinski definition) is 2. The second-order valence-corrected chi connectivity index (χ2v) is 5.97. The van der Waals surface area contributed by atoms with Gasteiger partial charge in [0.25, 0.3) is 0 Å². The van der Waals surface area contributed by atoms with Gasteiger partial charge in [0.05, 0.1) is 6.54 Å². The van der Waals surface area contributed by atoms with Crippen LogP contribution in [-0.4, -0.2) is 23.9 Å². The van der Waals surface area contributed by atoms with Crippen LogP contribution < -0.4 is 11.1 Å². The predicted octanol–water partition coefficient (Wildman–Crippen LogP) is 4.38. The first-order chi connectivity index (χ1) is 11.6. The maximum absolute atomic E-state index is 5.98. The highest BCUT2D eigenvalue weighted by Gasteiger charge is 2.02. The third-order valence-electron chi connectivity index (χ3n) is 4.05. The maximum atomic E-state index is 5.98. The Balaban J connectivity index is 0.00000312. The lowest BCUT2D eigenvalue weighted by atomic mass is 10.1. The summed E-state index contributed by atoms with van der Waals surface area (Å²) in [7, 11) is 0. The lowest BCUT2D eigenvalue weighted by Gasteiger charge is -2.18. The molecule has 0 aliphatic rings. The number of anilines is 1. The molecule has 0 bridgehead atoms. The SMILES string of the molecule is CCN(CC)Cc1cccc(CN=C(N)Nc2ccc(C)cc2)c1.I. The number of nitrogens with one attached hydrogen (secondary N) is 1. The van der Waals surface area contributed by atoms with Gasteiger partial charge in [0, 0.05) is 12.2 Å². The van der Waals surface area contributed by atoms with Gasteiger partial charge >= 0.3 is 0 Å². The van der Waals surface area contributed by atoms with E-state index in [1.165, 1.54) is 16.7 Å². The van der Waals surface area contributed by atoms with Gasteiger partial charge in [-0.25, -0.2) is 4.99 Å². The van der Waals surface area contributed by atoms with Gasteiger partial charge in [0.1, 0.15) is 0 Å². The number of rotatable bonds is 7. The van der Waals surface area contributed by atoms with Crippen molar-refractivity contribution in [2.75, 3.05) is 18.4 Å². The average molecular weight is 452 g/mol. The van der Waals surface area contributed by atoms with Crippen LogP contribution in [0.15, 0.2) is 53.5 Å². The Hall–Kier alpha value is -1.60. The molecule has 0 aliphatic carbocycles. The molecule has 0 heterocycles. The zero-order chi connectivity index (χ0) is 17.4. The van der Waals surface area contributed by atoms with Crippen LogP contribution in [0.2, 0.25) is 0 Å². The monoisotopic (exact) mass is 452 g/mol. The van der Waals surface area contributed by atoms with Crippen molar-refractivity contribution < 1.29 is 0 Å². The summed E-state index contributed by atoms with van der Waals surface area (Å²) in [6.07, 6.45) is 0. The molecule has 0 saturated carbocycles. The molecule has 0 radical (unpaired) electrons. The molecule has 0 fully saturated rings. The number of nitrogens with zero attached hydrogens (tertiary/aromatic N) is 2. The highest BCUT2D eigenvalue weighted by molar-refractivity contribution is 14.0. The third-order valence-corrected chi connectivity index (χ3v) is 4.05. The highest BCUT2D eigenvalue weighted by atomic mass is 127. The molecule has 2 rings (SSSR count). The Morgan fingerprint density at radius 3 is 2.32 bits per heavy atom. The Morgan fingerprint density at radius 2 is 1.68 bits per heavy atom. The van der Waals surface area contributed by atoms with Crippen molar-refractivity contribution in [2.45, 2.75) is 33.9 Å². The van der Waals surface area contributed by atoms with E-state index in [0.717, 1.165) is 25.3 Å². The number of hydrogen-bond donors (Lipinski definition) is 2. The van der Waals surface area contributed by atoms with Gasteiger partial charge in [-0.15, -0.1) is 24.0 Å². The molecule has 4 nitrogen and oxygen atoms in total. The predicted molar refractivity (Wildman–Crippen MR) is 119 cm³/mol. The van der Waals surface area contributed by atoms with E-state index in [-0.39, 0.29) is 24.0 Å². The lowest BCUT2D eigenvalue weighted by molar-refractivity contribution is 0.296. The number of nitrogens with two attached hydrogens (primary N) is 1. The first-order valence-electron chi connectivity index (χ1n) is 8.54. The summed E-state index contributed by atoms with van der Waals surface area (Å²) in [4.78, 5) is 6.84. The van der Waals surface area contributed by atoms with Crippen molar-refractivity contribution in [3.8, 4) is 0 Å². The molecule has 0 saturated heterocycles. The molecule has 0 aliphatic heterocycles. The van der Waals surface area contributed by atoms with E-state index in [1.807, 2.05) is 24.3 Å². The topological polar surface area (TPSA) is 53.6 Å². The molecule has 0 spiro atoms. The van der Waals surface area contributed by atoms with Crippen molar-refractivity contribution in [1.82, 2.24) is 4.90 Å². The second kappa shape index (κ2) is 11.1.